The van der Waals surface area contributed by atoms with E-state index in [1.165, 1.54) is 5.56 Å². The number of carbonyl (C=O) groups is 3. The number of anilines is 1. The van der Waals surface area contributed by atoms with Crippen LogP contribution in [0.2, 0.25) is 0 Å². The molecule has 2 atom stereocenters. The zero-order valence-corrected chi connectivity index (χ0v) is 15.3. The summed E-state index contributed by atoms with van der Waals surface area (Å²) in [5.41, 5.74) is 2.20. The zero-order chi connectivity index (χ0) is 18.5. The largest absolute Gasteiger partial charge is 0.356 e. The summed E-state index contributed by atoms with van der Waals surface area (Å²) in [6.07, 6.45) is 3.44. The second-order valence-electron chi connectivity index (χ2n) is 7.24. The number of rotatable bonds is 7. The molecule has 1 fully saturated rings. The first-order chi connectivity index (χ1) is 12.6. The normalized spacial score (nSPS) is 20.9. The van der Waals surface area contributed by atoms with E-state index in [9.17, 15) is 14.4 Å². The monoisotopic (exact) mass is 357 g/mol. The SMILES string of the molecule is C[C@@H]1C[C@H]1C(=O)NCCC(=O)NCCC(=O)N1CCCc2ccccc21. The fourth-order valence-electron chi connectivity index (χ4n) is 3.44. The van der Waals surface area contributed by atoms with Crippen LogP contribution in [0.4, 0.5) is 5.69 Å². The molecule has 0 saturated heterocycles. The van der Waals surface area contributed by atoms with Crippen molar-refractivity contribution in [2.75, 3.05) is 24.5 Å². The lowest BCUT2D eigenvalue weighted by Gasteiger charge is -2.29. The Morgan fingerprint density at radius 3 is 2.62 bits per heavy atom. The molecule has 26 heavy (non-hydrogen) atoms. The van der Waals surface area contributed by atoms with Crippen molar-refractivity contribution in [1.29, 1.82) is 0 Å². The van der Waals surface area contributed by atoms with Crippen molar-refractivity contribution in [3.05, 3.63) is 29.8 Å². The Labute approximate surface area is 154 Å². The van der Waals surface area contributed by atoms with Gasteiger partial charge in [0.25, 0.3) is 0 Å². The number of aryl methyl sites for hydroxylation is 1. The smallest absolute Gasteiger partial charge is 0.228 e. The number of hydrogen-bond donors (Lipinski definition) is 2. The third-order valence-electron chi connectivity index (χ3n) is 5.17. The van der Waals surface area contributed by atoms with Crippen LogP contribution in [0.1, 0.15) is 38.2 Å². The van der Waals surface area contributed by atoms with Crippen LogP contribution in [0.15, 0.2) is 24.3 Å². The zero-order valence-electron chi connectivity index (χ0n) is 15.3. The van der Waals surface area contributed by atoms with Crippen molar-refractivity contribution >= 4 is 23.4 Å². The molecule has 6 nitrogen and oxygen atoms in total. The van der Waals surface area contributed by atoms with E-state index in [-0.39, 0.29) is 36.5 Å². The van der Waals surface area contributed by atoms with Crippen LogP contribution >= 0.6 is 0 Å². The van der Waals surface area contributed by atoms with Gasteiger partial charge in [0, 0.05) is 44.1 Å². The van der Waals surface area contributed by atoms with Crippen LogP contribution in [0.5, 0.6) is 0 Å². The minimum Gasteiger partial charge on any atom is -0.356 e. The lowest BCUT2D eigenvalue weighted by atomic mass is 10.0. The molecular weight excluding hydrogens is 330 g/mol. The van der Waals surface area contributed by atoms with Gasteiger partial charge < -0.3 is 15.5 Å². The molecule has 6 heteroatoms. The van der Waals surface area contributed by atoms with Gasteiger partial charge in [0.1, 0.15) is 0 Å². The summed E-state index contributed by atoms with van der Waals surface area (Å²) in [6.45, 7) is 3.45. The topological polar surface area (TPSA) is 78.5 Å². The molecule has 0 aromatic heterocycles. The highest BCUT2D eigenvalue weighted by Crippen LogP contribution is 2.37. The number of amides is 3. The number of hydrogen-bond acceptors (Lipinski definition) is 3. The summed E-state index contributed by atoms with van der Waals surface area (Å²) in [5, 5.41) is 5.56. The highest BCUT2D eigenvalue weighted by atomic mass is 16.2. The molecule has 0 bridgehead atoms. The quantitative estimate of drug-likeness (QED) is 0.779. The Kier molecular flexibility index (Phi) is 5.91. The summed E-state index contributed by atoms with van der Waals surface area (Å²) in [5.74, 6) is 0.538. The molecule has 2 N–H and O–H groups in total. The van der Waals surface area contributed by atoms with E-state index in [4.69, 9.17) is 0 Å². The molecule has 0 radical (unpaired) electrons. The second kappa shape index (κ2) is 8.34. The molecule has 0 unspecified atom stereocenters. The van der Waals surface area contributed by atoms with Gasteiger partial charge in [-0.1, -0.05) is 25.1 Å². The molecule has 1 aliphatic heterocycles. The second-order valence-corrected chi connectivity index (χ2v) is 7.24. The van der Waals surface area contributed by atoms with Crippen LogP contribution < -0.4 is 15.5 Å². The van der Waals surface area contributed by atoms with E-state index in [1.54, 1.807) is 0 Å². The van der Waals surface area contributed by atoms with Crippen molar-refractivity contribution in [3.8, 4) is 0 Å². The lowest BCUT2D eigenvalue weighted by molar-refractivity contribution is -0.123. The molecule has 1 aliphatic carbocycles. The van der Waals surface area contributed by atoms with E-state index >= 15 is 0 Å². The molecule has 3 amide bonds. The third kappa shape index (κ3) is 4.62. The first-order valence-corrected chi connectivity index (χ1v) is 9.49. The van der Waals surface area contributed by atoms with Gasteiger partial charge in [0.15, 0.2) is 0 Å². The van der Waals surface area contributed by atoms with Crippen molar-refractivity contribution in [1.82, 2.24) is 10.6 Å². The maximum absolute atomic E-state index is 12.5. The summed E-state index contributed by atoms with van der Waals surface area (Å²) in [4.78, 5) is 37.8. The predicted molar refractivity (Wildman–Crippen MR) is 99.6 cm³/mol. The first kappa shape index (κ1) is 18.4. The lowest BCUT2D eigenvalue weighted by Crippen LogP contribution is -2.38. The van der Waals surface area contributed by atoms with Crippen LogP contribution in [-0.2, 0) is 20.8 Å². The fourth-order valence-corrected chi connectivity index (χ4v) is 3.44. The number of fused-ring (bicyclic) bond motifs is 1. The molecular formula is C20H27N3O3. The summed E-state index contributed by atoms with van der Waals surface area (Å²) < 4.78 is 0. The molecule has 140 valence electrons. The fraction of sp³-hybridized carbons (Fsp3) is 0.550. The highest BCUT2D eigenvalue weighted by Gasteiger charge is 2.38. The Hall–Kier alpha value is -2.37. The van der Waals surface area contributed by atoms with E-state index in [0.717, 1.165) is 31.5 Å². The molecule has 1 saturated carbocycles. The number of carbonyl (C=O) groups excluding carboxylic acids is 3. The molecule has 2 aliphatic rings. The highest BCUT2D eigenvalue weighted by molar-refractivity contribution is 5.95. The van der Waals surface area contributed by atoms with Gasteiger partial charge >= 0.3 is 0 Å². The Bertz CT molecular complexity index is 689. The van der Waals surface area contributed by atoms with E-state index < -0.39 is 0 Å². The maximum Gasteiger partial charge on any atom is 0.228 e. The summed E-state index contributed by atoms with van der Waals surface area (Å²) in [7, 11) is 0. The minimum atomic E-state index is -0.138. The van der Waals surface area contributed by atoms with Gasteiger partial charge in [0.2, 0.25) is 17.7 Å². The average Bonchev–Trinajstić information content (AvgIpc) is 3.38. The predicted octanol–water partition coefficient (Wildman–Crippen LogP) is 1.63. The molecule has 1 aromatic carbocycles. The number of nitrogens with one attached hydrogen (secondary N) is 2. The number of nitrogens with zero attached hydrogens (tertiary/aromatic N) is 1. The minimum absolute atomic E-state index is 0.0356. The summed E-state index contributed by atoms with van der Waals surface area (Å²) >= 11 is 0. The van der Waals surface area contributed by atoms with Gasteiger partial charge in [-0.15, -0.1) is 0 Å². The van der Waals surface area contributed by atoms with E-state index in [2.05, 4.69) is 23.6 Å². The van der Waals surface area contributed by atoms with Crippen LogP contribution in [0.25, 0.3) is 0 Å². The van der Waals surface area contributed by atoms with E-state index in [0.29, 0.717) is 19.0 Å². The molecule has 0 spiro atoms. The Morgan fingerprint density at radius 2 is 1.85 bits per heavy atom. The number of benzene rings is 1. The molecule has 3 rings (SSSR count). The van der Waals surface area contributed by atoms with Crippen molar-refractivity contribution in [2.45, 2.75) is 39.0 Å². The summed E-state index contributed by atoms with van der Waals surface area (Å²) in [6, 6.07) is 7.99. The van der Waals surface area contributed by atoms with E-state index in [1.807, 2.05) is 23.1 Å². The van der Waals surface area contributed by atoms with Gasteiger partial charge in [-0.05, 0) is 36.8 Å². The van der Waals surface area contributed by atoms with Crippen LogP contribution in [0, 0.1) is 11.8 Å². The molecule has 1 aromatic rings. The van der Waals surface area contributed by atoms with Gasteiger partial charge in [0.05, 0.1) is 0 Å². The Balaban J connectivity index is 1.35. The third-order valence-corrected chi connectivity index (χ3v) is 5.17. The average molecular weight is 357 g/mol. The van der Waals surface area contributed by atoms with Crippen molar-refractivity contribution < 1.29 is 14.4 Å². The number of para-hydroxylation sites is 1. The van der Waals surface area contributed by atoms with Gasteiger partial charge in [-0.3, -0.25) is 14.4 Å². The van der Waals surface area contributed by atoms with Gasteiger partial charge in [-0.25, -0.2) is 0 Å². The maximum atomic E-state index is 12.5. The van der Waals surface area contributed by atoms with Crippen LogP contribution in [-0.4, -0.2) is 37.4 Å². The Morgan fingerprint density at radius 1 is 1.12 bits per heavy atom. The standard InChI is InChI=1S/C20H27N3O3/c1-14-13-16(14)20(26)22-10-8-18(24)21-11-9-19(25)23-12-4-6-15-5-2-3-7-17(15)23/h2-3,5,7,14,16H,4,6,8-13H2,1H3,(H,21,24)(H,22,26)/t14-,16-/m1/s1. The first-order valence-electron chi connectivity index (χ1n) is 9.49. The van der Waals surface area contributed by atoms with Crippen molar-refractivity contribution in [2.24, 2.45) is 11.8 Å². The van der Waals surface area contributed by atoms with Gasteiger partial charge in [-0.2, -0.15) is 0 Å². The van der Waals surface area contributed by atoms with Crippen LogP contribution in [0.3, 0.4) is 0 Å². The molecule has 1 heterocycles. The van der Waals surface area contributed by atoms with Crippen molar-refractivity contribution in [3.63, 3.8) is 0 Å².